The Balaban J connectivity index is 0.000000263. The highest BCUT2D eigenvalue weighted by Gasteiger charge is 2.48. The number of hydrogen-bond acceptors (Lipinski definition) is 3. The number of ether oxygens (including phenoxy) is 1. The first-order chi connectivity index (χ1) is 12.1. The van der Waals surface area contributed by atoms with Crippen LogP contribution in [0, 0.1) is 11.8 Å². The van der Waals surface area contributed by atoms with Crippen LogP contribution in [-0.2, 0) is 14.3 Å². The number of hydrogen-bond donors (Lipinski definition) is 1. The summed E-state index contributed by atoms with van der Waals surface area (Å²) < 4.78 is 57.1. The van der Waals surface area contributed by atoms with Crippen LogP contribution in [0.4, 0.5) is 17.6 Å². The van der Waals surface area contributed by atoms with Crippen molar-refractivity contribution in [3.63, 3.8) is 0 Å². The quantitative estimate of drug-likeness (QED) is 0.563. The number of carbonyl (C=O) groups excluding carboxylic acids is 2. The molecular weight excluding hydrogens is 354 g/mol. The van der Waals surface area contributed by atoms with Gasteiger partial charge in [0.15, 0.2) is 0 Å². The van der Waals surface area contributed by atoms with Gasteiger partial charge < -0.3 is 10.5 Å². The predicted octanol–water partition coefficient (Wildman–Crippen LogP) is 4.45. The molecule has 152 valence electrons. The summed E-state index contributed by atoms with van der Waals surface area (Å²) in [5.74, 6) is -11.0. The maximum absolute atomic E-state index is 13.4. The molecule has 26 heavy (non-hydrogen) atoms. The van der Waals surface area contributed by atoms with E-state index in [1.165, 1.54) is 6.92 Å². The van der Waals surface area contributed by atoms with Gasteiger partial charge in [-0.1, -0.05) is 38.5 Å². The molecule has 2 aliphatic rings. The first-order valence-corrected chi connectivity index (χ1v) is 9.36. The smallest absolute Gasteiger partial charge is 0.377 e. The molecule has 4 nitrogen and oxygen atoms in total. The Morgan fingerprint density at radius 2 is 1.23 bits per heavy atom. The van der Waals surface area contributed by atoms with Crippen molar-refractivity contribution in [2.24, 2.45) is 17.6 Å². The SMILES string of the molecule is CCOC(=O)C(F)(F)C1CCCCC1.NC(=O)C(F)(F)C1CCCCC1. The average Bonchev–Trinajstić information content (AvgIpc) is 2.64. The van der Waals surface area contributed by atoms with Crippen LogP contribution in [0.3, 0.4) is 0 Å². The molecule has 0 heterocycles. The van der Waals surface area contributed by atoms with Crippen LogP contribution in [0.2, 0.25) is 0 Å². The summed E-state index contributed by atoms with van der Waals surface area (Å²) in [6.45, 7) is 1.55. The van der Waals surface area contributed by atoms with Crippen LogP contribution in [0.5, 0.6) is 0 Å². The lowest BCUT2D eigenvalue weighted by Gasteiger charge is -2.27. The molecule has 8 heteroatoms. The topological polar surface area (TPSA) is 69.4 Å². The summed E-state index contributed by atoms with van der Waals surface area (Å²) in [6.07, 6.45) is 6.87. The Morgan fingerprint density at radius 3 is 1.58 bits per heavy atom. The van der Waals surface area contributed by atoms with Gasteiger partial charge in [-0.05, 0) is 32.6 Å². The van der Waals surface area contributed by atoms with Crippen molar-refractivity contribution in [2.45, 2.75) is 83.0 Å². The van der Waals surface area contributed by atoms with E-state index in [0.29, 0.717) is 25.7 Å². The number of carbonyl (C=O) groups is 2. The molecule has 0 aromatic carbocycles. The lowest BCUT2D eigenvalue weighted by atomic mass is 9.84. The molecule has 2 N–H and O–H groups in total. The molecule has 0 spiro atoms. The number of rotatable bonds is 5. The van der Waals surface area contributed by atoms with Gasteiger partial charge in [-0.25, -0.2) is 4.79 Å². The second kappa shape index (κ2) is 10.1. The Hall–Kier alpha value is -1.34. The summed E-state index contributed by atoms with van der Waals surface area (Å²) in [5.41, 5.74) is 4.61. The van der Waals surface area contributed by atoms with Gasteiger partial charge in [-0.2, -0.15) is 17.6 Å². The fraction of sp³-hybridized carbons (Fsp3) is 0.889. The van der Waals surface area contributed by atoms with Crippen LogP contribution >= 0.6 is 0 Å². The predicted molar refractivity (Wildman–Crippen MR) is 88.9 cm³/mol. The molecule has 1 amide bonds. The number of nitrogens with two attached hydrogens (primary N) is 1. The standard InChI is InChI=1S/C10H16F2O2.C8H13F2NO/c1-2-14-9(13)10(11,12)8-6-4-3-5-7-8;9-8(10,7(11)12)6-4-2-1-3-5-6/h8H,2-7H2,1H3;6H,1-5H2,(H2,11,12). The Kier molecular flexibility index (Phi) is 8.83. The Labute approximate surface area is 151 Å². The molecule has 0 aliphatic heterocycles. The Bertz CT molecular complexity index is 459. The van der Waals surface area contributed by atoms with E-state index < -0.39 is 35.6 Å². The molecule has 0 aromatic heterocycles. The van der Waals surface area contributed by atoms with Crippen molar-refractivity contribution in [1.82, 2.24) is 0 Å². The summed E-state index contributed by atoms with van der Waals surface area (Å²) in [5, 5.41) is 0. The van der Waals surface area contributed by atoms with Gasteiger partial charge >= 0.3 is 17.8 Å². The zero-order valence-corrected chi connectivity index (χ0v) is 15.2. The number of primary amides is 1. The number of halogens is 4. The van der Waals surface area contributed by atoms with Crippen LogP contribution in [0.15, 0.2) is 0 Å². The van der Waals surface area contributed by atoms with Gasteiger partial charge in [-0.3, -0.25) is 4.79 Å². The molecule has 0 aromatic rings. The molecule has 2 aliphatic carbocycles. The maximum Gasteiger partial charge on any atom is 0.377 e. The highest BCUT2D eigenvalue weighted by atomic mass is 19.3. The van der Waals surface area contributed by atoms with Gasteiger partial charge in [0, 0.05) is 11.8 Å². The highest BCUT2D eigenvalue weighted by Crippen LogP contribution is 2.37. The summed E-state index contributed by atoms with van der Waals surface area (Å²) in [6, 6.07) is 0. The van der Waals surface area contributed by atoms with Crippen LogP contribution < -0.4 is 5.73 Å². The third-order valence-corrected chi connectivity index (χ3v) is 5.11. The van der Waals surface area contributed by atoms with E-state index in [2.05, 4.69) is 10.5 Å². The Morgan fingerprint density at radius 1 is 0.846 bits per heavy atom. The molecule has 2 rings (SSSR count). The number of esters is 1. The molecule has 0 radical (unpaired) electrons. The molecule has 0 saturated heterocycles. The normalized spacial score (nSPS) is 20.0. The minimum Gasteiger partial charge on any atom is -0.462 e. The van der Waals surface area contributed by atoms with Crippen LogP contribution in [-0.4, -0.2) is 30.3 Å². The highest BCUT2D eigenvalue weighted by molar-refractivity contribution is 5.81. The van der Waals surface area contributed by atoms with E-state index in [9.17, 15) is 27.2 Å². The van der Waals surface area contributed by atoms with E-state index in [1.807, 2.05) is 0 Å². The minimum atomic E-state index is -3.29. The van der Waals surface area contributed by atoms with Gasteiger partial charge in [0.1, 0.15) is 0 Å². The molecule has 2 saturated carbocycles. The van der Waals surface area contributed by atoms with Crippen molar-refractivity contribution in [3.8, 4) is 0 Å². The van der Waals surface area contributed by atoms with E-state index in [0.717, 1.165) is 38.5 Å². The molecule has 0 unspecified atom stereocenters. The van der Waals surface area contributed by atoms with Crippen molar-refractivity contribution >= 4 is 11.9 Å². The van der Waals surface area contributed by atoms with Crippen molar-refractivity contribution < 1.29 is 31.9 Å². The fourth-order valence-electron chi connectivity index (χ4n) is 3.53. The summed E-state index contributed by atoms with van der Waals surface area (Å²) in [7, 11) is 0. The van der Waals surface area contributed by atoms with Crippen molar-refractivity contribution in [3.05, 3.63) is 0 Å². The van der Waals surface area contributed by atoms with Gasteiger partial charge in [0.05, 0.1) is 6.61 Å². The summed E-state index contributed by atoms with van der Waals surface area (Å²) in [4.78, 5) is 21.4. The number of amides is 1. The molecule has 0 atom stereocenters. The first-order valence-electron chi connectivity index (χ1n) is 9.36. The van der Waals surface area contributed by atoms with Crippen molar-refractivity contribution in [1.29, 1.82) is 0 Å². The molecule has 0 bridgehead atoms. The van der Waals surface area contributed by atoms with Gasteiger partial charge in [0.2, 0.25) is 0 Å². The van der Waals surface area contributed by atoms with Gasteiger partial charge in [0.25, 0.3) is 5.91 Å². The second-order valence-electron chi connectivity index (χ2n) is 7.00. The lowest BCUT2D eigenvalue weighted by molar-refractivity contribution is -0.181. The van der Waals surface area contributed by atoms with Gasteiger partial charge in [-0.15, -0.1) is 0 Å². The van der Waals surface area contributed by atoms with E-state index in [1.54, 1.807) is 0 Å². The van der Waals surface area contributed by atoms with Crippen LogP contribution in [0.25, 0.3) is 0 Å². The second-order valence-corrected chi connectivity index (χ2v) is 7.00. The molecule has 2 fully saturated rings. The maximum atomic E-state index is 13.4. The largest absolute Gasteiger partial charge is 0.462 e. The minimum absolute atomic E-state index is 0.0150. The van der Waals surface area contributed by atoms with E-state index in [-0.39, 0.29) is 6.61 Å². The lowest BCUT2D eigenvalue weighted by Crippen LogP contribution is -2.43. The van der Waals surface area contributed by atoms with Crippen molar-refractivity contribution in [2.75, 3.05) is 6.61 Å². The van der Waals surface area contributed by atoms with E-state index in [4.69, 9.17) is 0 Å². The summed E-state index contributed by atoms with van der Waals surface area (Å²) >= 11 is 0. The fourth-order valence-corrected chi connectivity index (χ4v) is 3.53. The van der Waals surface area contributed by atoms with E-state index >= 15 is 0 Å². The average molecular weight is 383 g/mol. The third-order valence-electron chi connectivity index (χ3n) is 5.11. The van der Waals surface area contributed by atoms with Crippen LogP contribution in [0.1, 0.15) is 71.1 Å². The zero-order chi connectivity index (χ0) is 19.8. The monoisotopic (exact) mass is 383 g/mol. The third kappa shape index (κ3) is 6.13. The first kappa shape index (κ1) is 22.7. The zero-order valence-electron chi connectivity index (χ0n) is 15.2. The number of alkyl halides is 4. The molecular formula is C18H29F4NO3.